The molecule has 0 aliphatic carbocycles. The number of hydrogen-bond acceptors (Lipinski definition) is 4. The number of piperazine rings is 1. The summed E-state index contributed by atoms with van der Waals surface area (Å²) in [6, 6.07) is 0.724. The van der Waals surface area contributed by atoms with Crippen LogP contribution in [-0.2, 0) is 14.3 Å². The maximum absolute atomic E-state index is 12.0. The van der Waals surface area contributed by atoms with Crippen LogP contribution in [0.2, 0.25) is 0 Å². The molecule has 2 fully saturated rings. The van der Waals surface area contributed by atoms with E-state index >= 15 is 0 Å². The van der Waals surface area contributed by atoms with Gasteiger partial charge in [0.2, 0.25) is 5.91 Å². The molecule has 5 nitrogen and oxygen atoms in total. The molecule has 0 radical (unpaired) electrons. The van der Waals surface area contributed by atoms with Gasteiger partial charge in [0.1, 0.15) is 6.61 Å². The van der Waals surface area contributed by atoms with Gasteiger partial charge in [-0.1, -0.05) is 0 Å². The molecule has 5 heteroatoms. The van der Waals surface area contributed by atoms with Crippen molar-refractivity contribution < 1.29 is 14.3 Å². The first-order valence-electron chi connectivity index (χ1n) is 6.84. The van der Waals surface area contributed by atoms with E-state index in [1.165, 1.54) is 0 Å². The third-order valence-corrected chi connectivity index (χ3v) is 3.51. The fraction of sp³-hybridized carbons (Fsp3) is 0.923. The summed E-state index contributed by atoms with van der Waals surface area (Å²) >= 11 is 0. The summed E-state index contributed by atoms with van der Waals surface area (Å²) < 4.78 is 10.8. The van der Waals surface area contributed by atoms with E-state index in [1.807, 2.05) is 4.90 Å². The monoisotopic (exact) mass is 256 g/mol. The second-order valence-electron chi connectivity index (χ2n) is 5.51. The number of nitrogens with zero attached hydrogens (tertiary/aromatic N) is 1. The molecule has 2 heterocycles. The third kappa shape index (κ3) is 3.93. The molecule has 3 atom stereocenters. The van der Waals surface area contributed by atoms with E-state index in [-0.39, 0.29) is 12.5 Å². The van der Waals surface area contributed by atoms with Crippen LogP contribution >= 0.6 is 0 Å². The molecule has 2 aliphatic rings. The minimum absolute atomic E-state index is 0.106. The lowest BCUT2D eigenvalue weighted by atomic mass is 10.1. The van der Waals surface area contributed by atoms with E-state index in [0.29, 0.717) is 24.6 Å². The molecule has 2 saturated heterocycles. The van der Waals surface area contributed by atoms with Gasteiger partial charge in [-0.2, -0.15) is 0 Å². The molecule has 0 saturated carbocycles. The van der Waals surface area contributed by atoms with E-state index in [2.05, 4.69) is 19.2 Å². The number of nitrogens with one attached hydrogen (secondary N) is 1. The standard InChI is InChI=1S/C13H24N2O3/c1-10-5-15(6-11(2)14-10)13(16)9-18-8-12-3-4-17-7-12/h10-12,14H,3-9H2,1-2H3/t10-,11-,12+/m1/s1. The number of rotatable bonds is 4. The number of carbonyl (C=O) groups is 1. The second kappa shape index (κ2) is 6.50. The van der Waals surface area contributed by atoms with Crippen molar-refractivity contribution in [2.45, 2.75) is 32.4 Å². The largest absolute Gasteiger partial charge is 0.381 e. The van der Waals surface area contributed by atoms with E-state index in [4.69, 9.17) is 9.47 Å². The van der Waals surface area contributed by atoms with Crippen molar-refractivity contribution in [1.29, 1.82) is 0 Å². The molecule has 1 amide bonds. The fourth-order valence-electron chi connectivity index (χ4n) is 2.65. The Labute approximate surface area is 109 Å². The first-order chi connectivity index (χ1) is 8.65. The molecule has 0 aromatic heterocycles. The van der Waals surface area contributed by atoms with E-state index in [1.54, 1.807) is 0 Å². The molecule has 0 aromatic rings. The van der Waals surface area contributed by atoms with Gasteiger partial charge in [0.05, 0.1) is 13.2 Å². The summed E-state index contributed by atoms with van der Waals surface area (Å²) in [6.07, 6.45) is 1.05. The van der Waals surface area contributed by atoms with E-state index < -0.39 is 0 Å². The smallest absolute Gasteiger partial charge is 0.248 e. The van der Waals surface area contributed by atoms with Crippen molar-refractivity contribution >= 4 is 5.91 Å². The Kier molecular flexibility index (Phi) is 4.97. The average molecular weight is 256 g/mol. The Hall–Kier alpha value is -0.650. The third-order valence-electron chi connectivity index (χ3n) is 3.51. The topological polar surface area (TPSA) is 50.8 Å². The van der Waals surface area contributed by atoms with Crippen LogP contribution in [0.25, 0.3) is 0 Å². The average Bonchev–Trinajstić information content (AvgIpc) is 2.80. The highest BCUT2D eigenvalue weighted by molar-refractivity contribution is 5.77. The van der Waals surface area contributed by atoms with Gasteiger partial charge < -0.3 is 19.7 Å². The summed E-state index contributed by atoms with van der Waals surface area (Å²) in [7, 11) is 0. The van der Waals surface area contributed by atoms with Crippen LogP contribution in [0, 0.1) is 5.92 Å². The predicted octanol–water partition coefficient (Wildman–Crippen LogP) is 0.248. The zero-order chi connectivity index (χ0) is 13.0. The van der Waals surface area contributed by atoms with Crippen molar-refractivity contribution in [3.8, 4) is 0 Å². The summed E-state index contributed by atoms with van der Waals surface area (Å²) in [5.74, 6) is 0.577. The fourth-order valence-corrected chi connectivity index (χ4v) is 2.65. The van der Waals surface area contributed by atoms with Crippen molar-refractivity contribution in [1.82, 2.24) is 10.2 Å². The van der Waals surface area contributed by atoms with Crippen molar-refractivity contribution in [3.05, 3.63) is 0 Å². The first-order valence-corrected chi connectivity index (χ1v) is 6.84. The van der Waals surface area contributed by atoms with Gasteiger partial charge in [0.25, 0.3) is 0 Å². The zero-order valence-electron chi connectivity index (χ0n) is 11.4. The quantitative estimate of drug-likeness (QED) is 0.783. The number of hydrogen-bond donors (Lipinski definition) is 1. The highest BCUT2D eigenvalue weighted by Gasteiger charge is 2.25. The van der Waals surface area contributed by atoms with Crippen LogP contribution < -0.4 is 5.32 Å². The van der Waals surface area contributed by atoms with Gasteiger partial charge in [0.15, 0.2) is 0 Å². The van der Waals surface area contributed by atoms with Gasteiger partial charge in [-0.25, -0.2) is 0 Å². The zero-order valence-corrected chi connectivity index (χ0v) is 11.4. The molecule has 0 bridgehead atoms. The molecule has 0 aromatic carbocycles. The molecule has 2 aliphatic heterocycles. The lowest BCUT2D eigenvalue weighted by molar-refractivity contribution is -0.138. The Morgan fingerprint density at radius 1 is 1.39 bits per heavy atom. The minimum Gasteiger partial charge on any atom is -0.381 e. The number of ether oxygens (including phenoxy) is 2. The van der Waals surface area contributed by atoms with Gasteiger partial charge in [-0.05, 0) is 20.3 Å². The van der Waals surface area contributed by atoms with Crippen LogP contribution in [-0.4, -0.2) is 62.4 Å². The summed E-state index contributed by atoms with van der Waals surface area (Å²) in [5.41, 5.74) is 0. The number of amides is 1. The molecular formula is C13H24N2O3. The number of carbonyl (C=O) groups excluding carboxylic acids is 1. The lowest BCUT2D eigenvalue weighted by Crippen LogP contribution is -2.56. The van der Waals surface area contributed by atoms with Crippen molar-refractivity contribution in [3.63, 3.8) is 0 Å². The maximum atomic E-state index is 12.0. The van der Waals surface area contributed by atoms with Gasteiger partial charge in [-0.3, -0.25) is 4.79 Å². The highest BCUT2D eigenvalue weighted by atomic mass is 16.5. The summed E-state index contributed by atoms with van der Waals surface area (Å²) in [5, 5.41) is 3.41. The highest BCUT2D eigenvalue weighted by Crippen LogP contribution is 2.12. The summed E-state index contributed by atoms with van der Waals surface area (Å²) in [4.78, 5) is 13.9. The molecule has 18 heavy (non-hydrogen) atoms. The Bertz CT molecular complexity index is 269. The van der Waals surface area contributed by atoms with Crippen LogP contribution in [0.15, 0.2) is 0 Å². The van der Waals surface area contributed by atoms with Crippen molar-refractivity contribution in [2.24, 2.45) is 5.92 Å². The van der Waals surface area contributed by atoms with Gasteiger partial charge in [0, 0.05) is 37.7 Å². The van der Waals surface area contributed by atoms with Gasteiger partial charge in [-0.15, -0.1) is 0 Å². The van der Waals surface area contributed by atoms with Crippen LogP contribution in [0.3, 0.4) is 0 Å². The van der Waals surface area contributed by atoms with Crippen LogP contribution in [0.4, 0.5) is 0 Å². The van der Waals surface area contributed by atoms with Crippen LogP contribution in [0.1, 0.15) is 20.3 Å². The Morgan fingerprint density at radius 2 is 2.11 bits per heavy atom. The SMILES string of the molecule is C[C@@H]1CN(C(=O)COC[C@H]2CCOC2)C[C@@H](C)N1. The Balaban J connectivity index is 1.67. The van der Waals surface area contributed by atoms with Gasteiger partial charge >= 0.3 is 0 Å². The molecule has 2 rings (SSSR count). The normalized spacial score (nSPS) is 32.8. The summed E-state index contributed by atoms with van der Waals surface area (Å²) in [6.45, 7) is 8.21. The maximum Gasteiger partial charge on any atom is 0.248 e. The van der Waals surface area contributed by atoms with Crippen LogP contribution in [0.5, 0.6) is 0 Å². The molecular weight excluding hydrogens is 232 g/mol. The lowest BCUT2D eigenvalue weighted by Gasteiger charge is -2.36. The minimum atomic E-state index is 0.106. The van der Waals surface area contributed by atoms with E-state index in [9.17, 15) is 4.79 Å². The second-order valence-corrected chi connectivity index (χ2v) is 5.51. The Morgan fingerprint density at radius 3 is 2.72 bits per heavy atom. The molecule has 0 spiro atoms. The molecule has 104 valence electrons. The molecule has 1 N–H and O–H groups in total. The molecule has 0 unspecified atom stereocenters. The predicted molar refractivity (Wildman–Crippen MR) is 68.4 cm³/mol. The van der Waals surface area contributed by atoms with E-state index in [0.717, 1.165) is 32.7 Å². The first kappa shape index (κ1) is 13.8. The van der Waals surface area contributed by atoms with Crippen molar-refractivity contribution in [2.75, 3.05) is 39.5 Å².